The van der Waals surface area contributed by atoms with E-state index in [1.165, 1.54) is 12.1 Å². The van der Waals surface area contributed by atoms with Crippen LogP contribution in [0.4, 0.5) is 0 Å². The van der Waals surface area contributed by atoms with Gasteiger partial charge in [0.25, 0.3) is 0 Å². The van der Waals surface area contributed by atoms with Crippen LogP contribution in [0, 0.1) is 0 Å². The van der Waals surface area contributed by atoms with E-state index in [0.29, 0.717) is 5.75 Å². The van der Waals surface area contributed by atoms with Crippen LogP contribution in [0.3, 0.4) is 0 Å². The van der Waals surface area contributed by atoms with Crippen LogP contribution in [0.25, 0.3) is 11.1 Å². The van der Waals surface area contributed by atoms with E-state index in [0.717, 1.165) is 33.4 Å². The summed E-state index contributed by atoms with van der Waals surface area (Å²) in [4.78, 5) is 34.9. The van der Waals surface area contributed by atoms with Crippen LogP contribution < -0.4 is 4.74 Å². The number of esters is 1. The number of carboxylic acids is 2. The summed E-state index contributed by atoms with van der Waals surface area (Å²) in [6.07, 6.45) is 0. The Morgan fingerprint density at radius 1 is 0.553 bits per heavy atom. The van der Waals surface area contributed by atoms with E-state index in [1.807, 2.05) is 42.5 Å². The van der Waals surface area contributed by atoms with Crippen LogP contribution in [-0.2, 0) is 4.79 Å². The molecule has 0 radical (unpaired) electrons. The summed E-state index contributed by atoms with van der Waals surface area (Å²) in [5.74, 6) is -2.22. The Balaban J connectivity index is 1.97. The van der Waals surface area contributed by atoms with E-state index >= 15 is 0 Å². The van der Waals surface area contributed by atoms with Crippen molar-refractivity contribution in [3.8, 4) is 5.75 Å². The standard InChI is InChI=1S/C32H24O6/c1-20(2)32(37)38-27-18-16-24(17-19-27)29(23-10-14-26(15-11-23)31(35)36)28(21-6-4-3-5-7-21)22-8-12-25(13-9-22)30(33)34/h3-19H,1H2,2H3,(H,33,34)(H,35,36). The Labute approximate surface area is 219 Å². The summed E-state index contributed by atoms with van der Waals surface area (Å²) >= 11 is 0. The fourth-order valence-electron chi connectivity index (χ4n) is 3.96. The minimum absolute atomic E-state index is 0.155. The molecular formula is C32H24O6. The van der Waals surface area contributed by atoms with E-state index in [2.05, 4.69) is 6.58 Å². The molecule has 4 aromatic rings. The highest BCUT2D eigenvalue weighted by atomic mass is 16.5. The molecule has 0 fully saturated rings. The van der Waals surface area contributed by atoms with E-state index in [9.17, 15) is 24.6 Å². The highest BCUT2D eigenvalue weighted by Crippen LogP contribution is 2.37. The first-order chi connectivity index (χ1) is 18.2. The molecule has 0 aliphatic rings. The van der Waals surface area contributed by atoms with Crippen LogP contribution in [0.15, 0.2) is 115 Å². The van der Waals surface area contributed by atoms with Gasteiger partial charge in [-0.1, -0.05) is 73.3 Å². The number of carbonyl (C=O) groups is 3. The molecule has 0 bridgehead atoms. The normalized spacial score (nSPS) is 11.3. The molecule has 0 aliphatic heterocycles. The van der Waals surface area contributed by atoms with Gasteiger partial charge in [0.05, 0.1) is 11.1 Å². The Morgan fingerprint density at radius 2 is 0.895 bits per heavy atom. The summed E-state index contributed by atoms with van der Waals surface area (Å²) < 4.78 is 5.35. The maximum atomic E-state index is 12.0. The molecule has 0 aliphatic carbocycles. The number of carbonyl (C=O) groups excluding carboxylic acids is 1. The monoisotopic (exact) mass is 504 g/mol. The largest absolute Gasteiger partial charge is 0.478 e. The number of hydrogen-bond donors (Lipinski definition) is 2. The molecule has 0 heterocycles. The van der Waals surface area contributed by atoms with Crippen molar-refractivity contribution in [3.05, 3.63) is 149 Å². The molecule has 188 valence electrons. The lowest BCUT2D eigenvalue weighted by atomic mass is 9.85. The second kappa shape index (κ2) is 11.2. The Morgan fingerprint density at radius 3 is 1.26 bits per heavy atom. The first-order valence-corrected chi connectivity index (χ1v) is 11.7. The summed E-state index contributed by atoms with van der Waals surface area (Å²) in [6.45, 7) is 5.17. The molecule has 4 rings (SSSR count). The number of aromatic carboxylic acids is 2. The topological polar surface area (TPSA) is 101 Å². The smallest absolute Gasteiger partial charge is 0.338 e. The predicted molar refractivity (Wildman–Crippen MR) is 145 cm³/mol. The van der Waals surface area contributed by atoms with Crippen molar-refractivity contribution >= 4 is 29.1 Å². The third kappa shape index (κ3) is 5.77. The van der Waals surface area contributed by atoms with E-state index in [4.69, 9.17) is 4.74 Å². The zero-order chi connectivity index (χ0) is 27.2. The molecule has 0 spiro atoms. The highest BCUT2D eigenvalue weighted by molar-refractivity contribution is 6.05. The first kappa shape index (κ1) is 25.9. The first-order valence-electron chi connectivity index (χ1n) is 11.7. The van der Waals surface area contributed by atoms with Gasteiger partial charge in [-0.2, -0.15) is 0 Å². The molecule has 0 aromatic heterocycles. The second-order valence-corrected chi connectivity index (χ2v) is 8.58. The van der Waals surface area contributed by atoms with E-state index in [-0.39, 0.29) is 16.7 Å². The van der Waals surface area contributed by atoms with Crippen LogP contribution in [0.1, 0.15) is 49.9 Å². The number of hydrogen-bond acceptors (Lipinski definition) is 4. The molecular weight excluding hydrogens is 480 g/mol. The molecule has 0 saturated carbocycles. The molecule has 38 heavy (non-hydrogen) atoms. The molecule has 0 atom stereocenters. The third-order valence-electron chi connectivity index (χ3n) is 5.86. The van der Waals surface area contributed by atoms with Crippen molar-refractivity contribution in [3.63, 3.8) is 0 Å². The lowest BCUT2D eigenvalue weighted by Crippen LogP contribution is -2.08. The lowest BCUT2D eigenvalue weighted by molar-refractivity contribution is -0.130. The highest BCUT2D eigenvalue weighted by Gasteiger charge is 2.18. The fraction of sp³-hybridized carbons (Fsp3) is 0.0312. The minimum Gasteiger partial charge on any atom is -0.478 e. The Hall–Kier alpha value is -5.23. The van der Waals surface area contributed by atoms with E-state index < -0.39 is 17.9 Å². The van der Waals surface area contributed by atoms with Crippen LogP contribution in [-0.4, -0.2) is 28.1 Å². The molecule has 6 heteroatoms. The van der Waals surface area contributed by atoms with Crippen LogP contribution in [0.5, 0.6) is 5.75 Å². The van der Waals surface area contributed by atoms with Crippen molar-refractivity contribution in [1.29, 1.82) is 0 Å². The van der Waals surface area contributed by atoms with Gasteiger partial charge in [-0.25, -0.2) is 14.4 Å². The SMILES string of the molecule is C=C(C)C(=O)Oc1ccc(C(=C(c2ccccc2)c2ccc(C(=O)O)cc2)c2ccc(C(=O)O)cc2)cc1. The van der Waals surface area contributed by atoms with Gasteiger partial charge in [0, 0.05) is 5.57 Å². The Bertz CT molecular complexity index is 1530. The summed E-state index contributed by atoms with van der Waals surface area (Å²) in [5.41, 5.74) is 5.39. The van der Waals surface area contributed by atoms with Crippen molar-refractivity contribution in [2.24, 2.45) is 0 Å². The number of rotatable bonds is 8. The summed E-state index contributed by atoms with van der Waals surface area (Å²) in [6, 6.07) is 29.8. The van der Waals surface area contributed by atoms with Gasteiger partial charge in [-0.15, -0.1) is 0 Å². The molecule has 6 nitrogen and oxygen atoms in total. The van der Waals surface area contributed by atoms with Gasteiger partial charge < -0.3 is 14.9 Å². The molecule has 2 N–H and O–H groups in total. The number of benzene rings is 4. The predicted octanol–water partition coefficient (Wildman–Crippen LogP) is 6.57. The zero-order valence-electron chi connectivity index (χ0n) is 20.5. The molecule has 0 amide bonds. The van der Waals surface area contributed by atoms with Gasteiger partial charge >= 0.3 is 17.9 Å². The van der Waals surface area contributed by atoms with Gasteiger partial charge in [0.2, 0.25) is 0 Å². The van der Waals surface area contributed by atoms with Gasteiger partial charge in [0.15, 0.2) is 0 Å². The molecule has 4 aromatic carbocycles. The average molecular weight is 505 g/mol. The van der Waals surface area contributed by atoms with Gasteiger partial charge in [0.1, 0.15) is 5.75 Å². The van der Waals surface area contributed by atoms with Crippen molar-refractivity contribution in [2.45, 2.75) is 6.92 Å². The molecule has 0 saturated heterocycles. The Kier molecular flexibility index (Phi) is 7.63. The summed E-state index contributed by atoms with van der Waals surface area (Å²) in [7, 11) is 0. The van der Waals surface area contributed by atoms with Crippen LogP contribution >= 0.6 is 0 Å². The van der Waals surface area contributed by atoms with Crippen molar-refractivity contribution in [2.75, 3.05) is 0 Å². The van der Waals surface area contributed by atoms with E-state index in [1.54, 1.807) is 55.5 Å². The van der Waals surface area contributed by atoms with Crippen molar-refractivity contribution in [1.82, 2.24) is 0 Å². The minimum atomic E-state index is -1.03. The van der Waals surface area contributed by atoms with Gasteiger partial charge in [-0.3, -0.25) is 0 Å². The quantitative estimate of drug-likeness (QED) is 0.122. The molecule has 0 unspecified atom stereocenters. The fourth-order valence-corrected chi connectivity index (χ4v) is 3.96. The zero-order valence-corrected chi connectivity index (χ0v) is 20.5. The number of carboxylic acid groups (broad SMARTS) is 2. The summed E-state index contributed by atoms with van der Waals surface area (Å²) in [5, 5.41) is 18.8. The number of ether oxygens (including phenoxy) is 1. The third-order valence-corrected chi connectivity index (χ3v) is 5.86. The average Bonchev–Trinajstić information content (AvgIpc) is 2.93. The lowest BCUT2D eigenvalue weighted by Gasteiger charge is -2.18. The maximum Gasteiger partial charge on any atom is 0.338 e. The van der Waals surface area contributed by atoms with Crippen LogP contribution in [0.2, 0.25) is 0 Å². The maximum absolute atomic E-state index is 12.0. The second-order valence-electron chi connectivity index (χ2n) is 8.58. The van der Waals surface area contributed by atoms with Gasteiger partial charge in [-0.05, 0) is 76.7 Å². The van der Waals surface area contributed by atoms with Crippen molar-refractivity contribution < 1.29 is 29.3 Å².